The number of halogens is 3. The lowest BCUT2D eigenvalue weighted by molar-refractivity contribution is 0.0943. The predicted molar refractivity (Wildman–Crippen MR) is 80.9 cm³/mol. The minimum absolute atomic E-state index is 0. The van der Waals surface area contributed by atoms with E-state index in [1.54, 1.807) is 0 Å². The lowest BCUT2D eigenvalue weighted by atomic mass is 10.1. The third-order valence-electron chi connectivity index (χ3n) is 2.19. The molecule has 108 valence electrons. The van der Waals surface area contributed by atoms with Crippen LogP contribution >= 0.6 is 35.6 Å². The Morgan fingerprint density at radius 1 is 1.37 bits per heavy atom. The van der Waals surface area contributed by atoms with Crippen molar-refractivity contribution in [1.29, 1.82) is 0 Å². The molecule has 4 nitrogen and oxygen atoms in total. The zero-order valence-corrected chi connectivity index (χ0v) is 13.2. The molecule has 0 fully saturated rings. The van der Waals surface area contributed by atoms with Gasteiger partial charge in [-0.3, -0.25) is 4.79 Å². The van der Waals surface area contributed by atoms with Gasteiger partial charge in [-0.1, -0.05) is 23.2 Å². The van der Waals surface area contributed by atoms with Crippen molar-refractivity contribution in [3.8, 4) is 5.75 Å². The second-order valence-corrected chi connectivity index (χ2v) is 5.45. The summed E-state index contributed by atoms with van der Waals surface area (Å²) in [5.74, 6) is 0.0701. The molecular formula is C12H17Cl3N2O2. The highest BCUT2D eigenvalue weighted by molar-refractivity contribution is 6.42. The van der Waals surface area contributed by atoms with Crippen molar-refractivity contribution in [2.75, 3.05) is 13.7 Å². The van der Waals surface area contributed by atoms with Crippen LogP contribution in [-0.2, 0) is 0 Å². The molecule has 1 aromatic carbocycles. The molecular weight excluding hydrogens is 311 g/mol. The van der Waals surface area contributed by atoms with Gasteiger partial charge in [-0.05, 0) is 19.9 Å². The molecule has 0 saturated carbocycles. The Balaban J connectivity index is 0.00000324. The first-order valence-electron chi connectivity index (χ1n) is 5.34. The summed E-state index contributed by atoms with van der Waals surface area (Å²) in [6.45, 7) is 3.98. The van der Waals surface area contributed by atoms with Gasteiger partial charge < -0.3 is 15.8 Å². The van der Waals surface area contributed by atoms with Crippen molar-refractivity contribution >= 4 is 41.5 Å². The van der Waals surface area contributed by atoms with E-state index in [4.69, 9.17) is 33.7 Å². The van der Waals surface area contributed by atoms with E-state index < -0.39 is 5.54 Å². The van der Waals surface area contributed by atoms with Crippen LogP contribution in [-0.4, -0.2) is 25.1 Å². The van der Waals surface area contributed by atoms with Gasteiger partial charge in [-0.2, -0.15) is 0 Å². The second kappa shape index (κ2) is 7.20. The molecule has 0 atom stereocenters. The molecule has 0 saturated heterocycles. The number of benzene rings is 1. The van der Waals surface area contributed by atoms with Gasteiger partial charge in [0.2, 0.25) is 0 Å². The molecule has 0 spiro atoms. The monoisotopic (exact) mass is 326 g/mol. The average Bonchev–Trinajstić information content (AvgIpc) is 2.28. The number of hydrogen-bond donors (Lipinski definition) is 2. The first kappa shape index (κ1) is 18.3. The SMILES string of the molecule is COc1cc(Cl)c(Cl)cc1C(=O)NCC(C)(C)N.Cl. The van der Waals surface area contributed by atoms with Crippen molar-refractivity contribution in [1.82, 2.24) is 5.32 Å². The van der Waals surface area contributed by atoms with E-state index in [0.29, 0.717) is 27.9 Å². The van der Waals surface area contributed by atoms with Gasteiger partial charge in [0.05, 0.1) is 22.7 Å². The van der Waals surface area contributed by atoms with Crippen LogP contribution in [0.4, 0.5) is 0 Å². The fourth-order valence-corrected chi connectivity index (χ4v) is 1.60. The molecule has 0 radical (unpaired) electrons. The van der Waals surface area contributed by atoms with Gasteiger partial charge >= 0.3 is 0 Å². The van der Waals surface area contributed by atoms with E-state index in [-0.39, 0.29) is 18.3 Å². The van der Waals surface area contributed by atoms with Crippen LogP contribution in [0.1, 0.15) is 24.2 Å². The van der Waals surface area contributed by atoms with E-state index in [2.05, 4.69) is 5.32 Å². The second-order valence-electron chi connectivity index (χ2n) is 4.64. The van der Waals surface area contributed by atoms with Crippen molar-refractivity contribution < 1.29 is 9.53 Å². The van der Waals surface area contributed by atoms with Gasteiger partial charge in [-0.15, -0.1) is 12.4 Å². The maximum atomic E-state index is 12.0. The molecule has 0 aliphatic heterocycles. The molecule has 1 amide bonds. The van der Waals surface area contributed by atoms with Crippen LogP contribution in [0.2, 0.25) is 10.0 Å². The maximum absolute atomic E-state index is 12.0. The third-order valence-corrected chi connectivity index (χ3v) is 2.91. The molecule has 7 heteroatoms. The van der Waals surface area contributed by atoms with Crippen LogP contribution in [0.5, 0.6) is 5.75 Å². The summed E-state index contributed by atoms with van der Waals surface area (Å²) in [6, 6.07) is 2.98. The number of hydrogen-bond acceptors (Lipinski definition) is 3. The highest BCUT2D eigenvalue weighted by Crippen LogP contribution is 2.30. The number of carbonyl (C=O) groups is 1. The molecule has 1 rings (SSSR count). The predicted octanol–water partition coefficient (Wildman–Crippen LogP) is 2.89. The number of nitrogens with one attached hydrogen (secondary N) is 1. The Labute approximate surface area is 129 Å². The molecule has 0 unspecified atom stereocenters. The number of nitrogens with two attached hydrogens (primary N) is 1. The fraction of sp³-hybridized carbons (Fsp3) is 0.417. The lowest BCUT2D eigenvalue weighted by Gasteiger charge is -2.19. The van der Waals surface area contributed by atoms with E-state index in [1.807, 2.05) is 13.8 Å². The summed E-state index contributed by atoms with van der Waals surface area (Å²) in [5, 5.41) is 3.35. The van der Waals surface area contributed by atoms with E-state index in [1.165, 1.54) is 19.2 Å². The number of amides is 1. The topological polar surface area (TPSA) is 64.3 Å². The number of carbonyl (C=O) groups excluding carboxylic acids is 1. The summed E-state index contributed by atoms with van der Waals surface area (Å²) in [6.07, 6.45) is 0. The standard InChI is InChI=1S/C12H16Cl2N2O2.ClH/c1-12(2,15)6-16-11(17)7-4-8(13)9(14)5-10(7)18-3;/h4-5H,6,15H2,1-3H3,(H,16,17);1H. The summed E-state index contributed by atoms with van der Waals surface area (Å²) < 4.78 is 5.10. The van der Waals surface area contributed by atoms with Crippen LogP contribution in [0.3, 0.4) is 0 Å². The molecule has 3 N–H and O–H groups in total. The Kier molecular flexibility index (Phi) is 6.94. The third kappa shape index (κ3) is 5.45. The summed E-state index contributed by atoms with van der Waals surface area (Å²) in [5.41, 5.74) is 5.64. The normalized spacial score (nSPS) is 10.6. The van der Waals surface area contributed by atoms with Crippen molar-refractivity contribution in [2.45, 2.75) is 19.4 Å². The Hall–Kier alpha value is -0.680. The molecule has 0 heterocycles. The van der Waals surface area contributed by atoms with Crippen molar-refractivity contribution in [3.05, 3.63) is 27.7 Å². The minimum atomic E-state index is -0.487. The quantitative estimate of drug-likeness (QED) is 0.893. The molecule has 1 aromatic rings. The molecule has 0 aliphatic rings. The summed E-state index contributed by atoms with van der Waals surface area (Å²) in [4.78, 5) is 12.0. The highest BCUT2D eigenvalue weighted by Gasteiger charge is 2.18. The van der Waals surface area contributed by atoms with Gasteiger partial charge in [0.25, 0.3) is 5.91 Å². The Bertz CT molecular complexity index is 459. The van der Waals surface area contributed by atoms with Crippen LogP contribution in [0, 0.1) is 0 Å². The van der Waals surface area contributed by atoms with E-state index in [0.717, 1.165) is 0 Å². The molecule has 0 aliphatic carbocycles. The van der Waals surface area contributed by atoms with Crippen LogP contribution in [0.15, 0.2) is 12.1 Å². The fourth-order valence-electron chi connectivity index (χ4n) is 1.28. The van der Waals surface area contributed by atoms with Gasteiger partial charge in [0.1, 0.15) is 5.75 Å². The first-order valence-corrected chi connectivity index (χ1v) is 6.10. The Morgan fingerprint density at radius 3 is 2.37 bits per heavy atom. The van der Waals surface area contributed by atoms with Crippen molar-refractivity contribution in [2.24, 2.45) is 5.73 Å². The zero-order chi connectivity index (χ0) is 13.9. The minimum Gasteiger partial charge on any atom is -0.496 e. The zero-order valence-electron chi connectivity index (χ0n) is 10.9. The van der Waals surface area contributed by atoms with Crippen LogP contribution < -0.4 is 15.8 Å². The van der Waals surface area contributed by atoms with Crippen molar-refractivity contribution in [3.63, 3.8) is 0 Å². The molecule has 19 heavy (non-hydrogen) atoms. The van der Waals surface area contributed by atoms with Crippen LogP contribution in [0.25, 0.3) is 0 Å². The molecule has 0 aromatic heterocycles. The number of ether oxygens (including phenoxy) is 1. The highest BCUT2D eigenvalue weighted by atomic mass is 35.5. The van der Waals surface area contributed by atoms with E-state index in [9.17, 15) is 4.79 Å². The molecule has 0 bridgehead atoms. The summed E-state index contributed by atoms with van der Waals surface area (Å²) >= 11 is 11.7. The van der Waals surface area contributed by atoms with E-state index >= 15 is 0 Å². The summed E-state index contributed by atoms with van der Waals surface area (Å²) in [7, 11) is 1.46. The largest absolute Gasteiger partial charge is 0.496 e. The van der Waals surface area contributed by atoms with Gasteiger partial charge in [0.15, 0.2) is 0 Å². The maximum Gasteiger partial charge on any atom is 0.255 e. The van der Waals surface area contributed by atoms with Gasteiger partial charge in [0, 0.05) is 18.2 Å². The van der Waals surface area contributed by atoms with Gasteiger partial charge in [-0.25, -0.2) is 0 Å². The smallest absolute Gasteiger partial charge is 0.255 e. The number of methoxy groups -OCH3 is 1. The lowest BCUT2D eigenvalue weighted by Crippen LogP contribution is -2.45. The number of rotatable bonds is 4. The Morgan fingerprint density at radius 2 is 1.89 bits per heavy atom. The average molecular weight is 328 g/mol. The first-order chi connectivity index (χ1) is 8.24.